The lowest BCUT2D eigenvalue weighted by atomic mass is 10.0. The van der Waals surface area contributed by atoms with Crippen LogP contribution in [-0.2, 0) is 4.79 Å². The maximum absolute atomic E-state index is 11.9. The van der Waals surface area contributed by atoms with Crippen LogP contribution < -0.4 is 5.32 Å². The molecule has 1 aliphatic rings. The van der Waals surface area contributed by atoms with Crippen LogP contribution in [0.1, 0.15) is 12.8 Å². The standard InChI is InChI=1S/C17H18N6O/c1-22-8-7-13(9-16(22)24)20-15-10-14(12-5-3-2-4-6-12)21-17-18-11-19-23(15)17/h2-6,10-11,13,20H,7-9H2,1H3. The maximum Gasteiger partial charge on any atom is 0.254 e. The Bertz CT molecular complexity index is 875. The molecule has 1 N–H and O–H groups in total. The number of benzene rings is 1. The van der Waals surface area contributed by atoms with E-state index >= 15 is 0 Å². The Kier molecular flexibility index (Phi) is 3.60. The van der Waals surface area contributed by atoms with Gasteiger partial charge in [0.1, 0.15) is 12.1 Å². The molecule has 1 fully saturated rings. The van der Waals surface area contributed by atoms with E-state index in [1.165, 1.54) is 6.33 Å². The topological polar surface area (TPSA) is 75.4 Å². The Balaban J connectivity index is 1.69. The van der Waals surface area contributed by atoms with E-state index in [2.05, 4.69) is 20.4 Å². The highest BCUT2D eigenvalue weighted by molar-refractivity contribution is 5.78. The summed E-state index contributed by atoms with van der Waals surface area (Å²) < 4.78 is 1.68. The SMILES string of the molecule is CN1CCC(Nc2cc(-c3ccccc3)nc3ncnn23)CC1=O. The molecule has 1 saturated heterocycles. The van der Waals surface area contributed by atoms with Crippen LogP contribution in [0.15, 0.2) is 42.7 Å². The monoisotopic (exact) mass is 322 g/mol. The second-order valence-electron chi connectivity index (χ2n) is 6.01. The smallest absolute Gasteiger partial charge is 0.254 e. The molecule has 1 unspecified atom stereocenters. The highest BCUT2D eigenvalue weighted by Crippen LogP contribution is 2.23. The van der Waals surface area contributed by atoms with Crippen LogP contribution in [-0.4, -0.2) is 50.0 Å². The number of amides is 1. The van der Waals surface area contributed by atoms with E-state index in [-0.39, 0.29) is 11.9 Å². The van der Waals surface area contributed by atoms with Crippen molar-refractivity contribution in [3.8, 4) is 11.3 Å². The molecule has 7 heteroatoms. The molecule has 0 aliphatic carbocycles. The van der Waals surface area contributed by atoms with Gasteiger partial charge in [-0.2, -0.15) is 14.6 Å². The van der Waals surface area contributed by atoms with Gasteiger partial charge in [-0.15, -0.1) is 0 Å². The van der Waals surface area contributed by atoms with Gasteiger partial charge in [-0.05, 0) is 6.42 Å². The van der Waals surface area contributed by atoms with E-state index in [9.17, 15) is 4.79 Å². The number of fused-ring (bicyclic) bond motifs is 1. The minimum Gasteiger partial charge on any atom is -0.367 e. The predicted octanol–water partition coefficient (Wildman–Crippen LogP) is 1.82. The van der Waals surface area contributed by atoms with Crippen molar-refractivity contribution in [3.63, 3.8) is 0 Å². The Morgan fingerprint density at radius 1 is 1.25 bits per heavy atom. The third-order valence-electron chi connectivity index (χ3n) is 4.33. The molecule has 0 spiro atoms. The van der Waals surface area contributed by atoms with Gasteiger partial charge >= 0.3 is 0 Å². The summed E-state index contributed by atoms with van der Waals surface area (Å²) in [7, 11) is 1.84. The summed E-state index contributed by atoms with van der Waals surface area (Å²) in [6.07, 6.45) is 2.87. The summed E-state index contributed by atoms with van der Waals surface area (Å²) in [6.45, 7) is 0.758. The molecule has 0 saturated carbocycles. The first kappa shape index (κ1) is 14.6. The quantitative estimate of drug-likeness (QED) is 0.796. The number of anilines is 1. The third-order valence-corrected chi connectivity index (χ3v) is 4.33. The van der Waals surface area contributed by atoms with Crippen molar-refractivity contribution in [3.05, 3.63) is 42.7 Å². The van der Waals surface area contributed by atoms with Crippen molar-refractivity contribution >= 4 is 17.5 Å². The number of hydrogen-bond donors (Lipinski definition) is 1. The van der Waals surface area contributed by atoms with Gasteiger partial charge in [-0.25, -0.2) is 4.98 Å². The lowest BCUT2D eigenvalue weighted by molar-refractivity contribution is -0.132. The molecule has 1 aromatic carbocycles. The van der Waals surface area contributed by atoms with E-state index < -0.39 is 0 Å². The summed E-state index contributed by atoms with van der Waals surface area (Å²) in [6, 6.07) is 12.0. The number of rotatable bonds is 3. The third kappa shape index (κ3) is 2.68. The van der Waals surface area contributed by atoms with Crippen LogP contribution in [0.4, 0.5) is 5.82 Å². The normalized spacial score (nSPS) is 18.1. The fourth-order valence-corrected chi connectivity index (χ4v) is 2.95. The highest BCUT2D eigenvalue weighted by Gasteiger charge is 2.24. The zero-order valence-corrected chi connectivity index (χ0v) is 13.4. The Morgan fingerprint density at radius 3 is 2.88 bits per heavy atom. The van der Waals surface area contributed by atoms with Crippen LogP contribution in [0.25, 0.3) is 17.0 Å². The maximum atomic E-state index is 11.9. The van der Waals surface area contributed by atoms with Crippen LogP contribution in [0.3, 0.4) is 0 Å². The molecule has 0 bridgehead atoms. The lowest BCUT2D eigenvalue weighted by Gasteiger charge is -2.29. The van der Waals surface area contributed by atoms with Gasteiger partial charge in [-0.1, -0.05) is 30.3 Å². The zero-order valence-electron chi connectivity index (χ0n) is 13.4. The van der Waals surface area contributed by atoms with Gasteiger partial charge in [0.05, 0.1) is 5.69 Å². The number of carbonyl (C=O) groups is 1. The number of carbonyl (C=O) groups excluding carboxylic acids is 1. The molecule has 3 heterocycles. The Morgan fingerprint density at radius 2 is 2.08 bits per heavy atom. The molecular formula is C17H18N6O. The lowest BCUT2D eigenvalue weighted by Crippen LogP contribution is -2.41. The Hall–Kier alpha value is -2.96. The molecule has 1 aliphatic heterocycles. The van der Waals surface area contributed by atoms with Crippen molar-refractivity contribution in [1.82, 2.24) is 24.5 Å². The van der Waals surface area contributed by atoms with Gasteiger partial charge < -0.3 is 10.2 Å². The summed E-state index contributed by atoms with van der Waals surface area (Å²) in [4.78, 5) is 22.5. The molecule has 2 aromatic heterocycles. The average Bonchev–Trinajstić information content (AvgIpc) is 3.08. The molecule has 7 nitrogen and oxygen atoms in total. The highest BCUT2D eigenvalue weighted by atomic mass is 16.2. The molecule has 24 heavy (non-hydrogen) atoms. The first-order chi connectivity index (χ1) is 11.7. The number of piperidine rings is 1. The molecule has 0 radical (unpaired) electrons. The molecule has 3 aromatic rings. The number of likely N-dealkylation sites (tertiary alicyclic amines) is 1. The molecule has 1 atom stereocenters. The summed E-state index contributed by atoms with van der Waals surface area (Å²) in [5.74, 6) is 1.50. The molecule has 122 valence electrons. The molecule has 4 rings (SSSR count). The second-order valence-corrected chi connectivity index (χ2v) is 6.01. The van der Waals surface area contributed by atoms with Crippen molar-refractivity contribution in [1.29, 1.82) is 0 Å². The number of nitrogens with one attached hydrogen (secondary N) is 1. The summed E-state index contributed by atoms with van der Waals surface area (Å²) in [5, 5.41) is 7.68. The number of hydrogen-bond acceptors (Lipinski definition) is 5. The molecule has 1 amide bonds. The number of nitrogens with zero attached hydrogens (tertiary/aromatic N) is 5. The minimum absolute atomic E-state index is 0.0899. The number of aromatic nitrogens is 4. The van der Waals surface area contributed by atoms with Crippen LogP contribution in [0.2, 0.25) is 0 Å². The van der Waals surface area contributed by atoms with Crippen molar-refractivity contribution in [2.75, 3.05) is 18.9 Å². The van der Waals surface area contributed by atoms with Crippen LogP contribution in [0, 0.1) is 0 Å². The van der Waals surface area contributed by atoms with Crippen molar-refractivity contribution < 1.29 is 4.79 Å². The van der Waals surface area contributed by atoms with E-state index in [1.54, 1.807) is 9.42 Å². The van der Waals surface area contributed by atoms with E-state index in [4.69, 9.17) is 0 Å². The fourth-order valence-electron chi connectivity index (χ4n) is 2.95. The van der Waals surface area contributed by atoms with Crippen LogP contribution in [0.5, 0.6) is 0 Å². The summed E-state index contributed by atoms with van der Waals surface area (Å²) >= 11 is 0. The van der Waals surface area contributed by atoms with E-state index in [0.29, 0.717) is 12.2 Å². The van der Waals surface area contributed by atoms with Gasteiger partial charge in [0.25, 0.3) is 5.78 Å². The zero-order chi connectivity index (χ0) is 16.5. The van der Waals surface area contributed by atoms with Crippen molar-refractivity contribution in [2.24, 2.45) is 0 Å². The van der Waals surface area contributed by atoms with Crippen molar-refractivity contribution in [2.45, 2.75) is 18.9 Å². The largest absolute Gasteiger partial charge is 0.367 e. The van der Waals surface area contributed by atoms with Gasteiger partial charge in [0, 0.05) is 37.7 Å². The molecular weight excluding hydrogens is 304 g/mol. The predicted molar refractivity (Wildman–Crippen MR) is 90.5 cm³/mol. The first-order valence-electron chi connectivity index (χ1n) is 7.97. The minimum atomic E-state index is 0.0899. The fraction of sp³-hybridized carbons (Fsp3) is 0.294. The summed E-state index contributed by atoms with van der Waals surface area (Å²) in [5.41, 5.74) is 1.85. The Labute approximate surface area is 139 Å². The van der Waals surface area contributed by atoms with Gasteiger partial charge in [-0.3, -0.25) is 4.79 Å². The van der Waals surface area contributed by atoms with E-state index in [1.807, 2.05) is 43.4 Å². The first-order valence-corrected chi connectivity index (χ1v) is 7.97. The average molecular weight is 322 g/mol. The van der Waals surface area contributed by atoms with Crippen LogP contribution >= 0.6 is 0 Å². The van der Waals surface area contributed by atoms with Gasteiger partial charge in [0.15, 0.2) is 0 Å². The second kappa shape index (κ2) is 5.92. The van der Waals surface area contributed by atoms with Gasteiger partial charge in [0.2, 0.25) is 5.91 Å². The van der Waals surface area contributed by atoms with E-state index in [0.717, 1.165) is 30.0 Å².